The molecule has 1 atom stereocenters. The molecule has 0 saturated carbocycles. The molecule has 130 valence electrons. The maximum Gasteiger partial charge on any atom is 0.227 e. The molecule has 1 aliphatic carbocycles. The van der Waals surface area contributed by atoms with Crippen LogP contribution in [0.15, 0.2) is 4.79 Å². The smallest absolute Gasteiger partial charge is 0.227 e. The van der Waals surface area contributed by atoms with Crippen molar-refractivity contribution in [2.24, 2.45) is 0 Å². The van der Waals surface area contributed by atoms with Crippen molar-refractivity contribution in [2.75, 3.05) is 7.11 Å². The van der Waals surface area contributed by atoms with Crippen molar-refractivity contribution in [3.63, 3.8) is 0 Å². The van der Waals surface area contributed by atoms with Gasteiger partial charge >= 0.3 is 0 Å². The lowest BCUT2D eigenvalue weighted by Crippen LogP contribution is -2.25. The summed E-state index contributed by atoms with van der Waals surface area (Å²) >= 11 is 0. The van der Waals surface area contributed by atoms with E-state index >= 15 is 0 Å². The summed E-state index contributed by atoms with van der Waals surface area (Å²) in [6, 6.07) is 0. The van der Waals surface area contributed by atoms with E-state index in [1.807, 2.05) is 0 Å². The highest BCUT2D eigenvalue weighted by Gasteiger charge is 2.26. The van der Waals surface area contributed by atoms with E-state index in [4.69, 9.17) is 4.74 Å². The molecular formula is C19H31NO3. The SMILES string of the molecule is CCCCCCCCC1CCCc2[nH]c(CO)c(OC)c(=O)c21. The summed E-state index contributed by atoms with van der Waals surface area (Å²) in [6.07, 6.45) is 11.9. The van der Waals surface area contributed by atoms with Gasteiger partial charge in [0, 0.05) is 11.3 Å². The molecule has 23 heavy (non-hydrogen) atoms. The molecule has 0 fully saturated rings. The van der Waals surface area contributed by atoms with Crippen LogP contribution in [0.25, 0.3) is 0 Å². The fourth-order valence-corrected chi connectivity index (χ4v) is 3.79. The molecule has 1 heterocycles. The number of fused-ring (bicyclic) bond motifs is 1. The highest BCUT2D eigenvalue weighted by Crippen LogP contribution is 2.34. The van der Waals surface area contributed by atoms with Crippen molar-refractivity contribution in [3.05, 3.63) is 27.2 Å². The second kappa shape index (κ2) is 9.11. The van der Waals surface area contributed by atoms with E-state index in [-0.39, 0.29) is 12.0 Å². The zero-order valence-electron chi connectivity index (χ0n) is 14.6. The number of rotatable bonds is 9. The van der Waals surface area contributed by atoms with Crippen LogP contribution < -0.4 is 10.2 Å². The number of ether oxygens (including phenoxy) is 1. The number of hydrogen-bond acceptors (Lipinski definition) is 3. The monoisotopic (exact) mass is 321 g/mol. The molecule has 0 aliphatic heterocycles. The summed E-state index contributed by atoms with van der Waals surface area (Å²) in [7, 11) is 1.50. The highest BCUT2D eigenvalue weighted by atomic mass is 16.5. The second-order valence-electron chi connectivity index (χ2n) is 6.66. The first kappa shape index (κ1) is 18.1. The van der Waals surface area contributed by atoms with E-state index in [9.17, 15) is 9.90 Å². The van der Waals surface area contributed by atoms with Crippen LogP contribution in [0.3, 0.4) is 0 Å². The molecule has 1 aromatic heterocycles. The molecule has 1 aromatic rings. The zero-order valence-corrected chi connectivity index (χ0v) is 14.6. The van der Waals surface area contributed by atoms with Gasteiger partial charge in [-0.15, -0.1) is 0 Å². The van der Waals surface area contributed by atoms with Gasteiger partial charge in [-0.25, -0.2) is 0 Å². The first-order chi connectivity index (χ1) is 11.2. The van der Waals surface area contributed by atoms with Crippen molar-refractivity contribution in [1.82, 2.24) is 4.98 Å². The van der Waals surface area contributed by atoms with Gasteiger partial charge in [-0.2, -0.15) is 0 Å². The number of aryl methyl sites for hydroxylation is 1. The molecule has 2 N–H and O–H groups in total. The number of hydrogen-bond donors (Lipinski definition) is 2. The van der Waals surface area contributed by atoms with E-state index < -0.39 is 0 Å². The number of nitrogens with one attached hydrogen (secondary N) is 1. The fraction of sp³-hybridized carbons (Fsp3) is 0.737. The largest absolute Gasteiger partial charge is 0.491 e. The maximum atomic E-state index is 12.8. The minimum absolute atomic E-state index is 0.0130. The van der Waals surface area contributed by atoms with Crippen molar-refractivity contribution >= 4 is 0 Å². The van der Waals surface area contributed by atoms with Crippen molar-refractivity contribution in [1.29, 1.82) is 0 Å². The van der Waals surface area contributed by atoms with Gasteiger partial charge in [-0.3, -0.25) is 4.79 Å². The van der Waals surface area contributed by atoms with Gasteiger partial charge in [-0.1, -0.05) is 45.4 Å². The summed E-state index contributed by atoms with van der Waals surface area (Å²) < 4.78 is 5.25. The summed E-state index contributed by atoms with van der Waals surface area (Å²) in [5.41, 5.74) is 2.43. The summed E-state index contributed by atoms with van der Waals surface area (Å²) in [4.78, 5) is 16.0. The lowest BCUT2D eigenvalue weighted by atomic mass is 9.81. The van der Waals surface area contributed by atoms with E-state index in [2.05, 4.69) is 11.9 Å². The Kier molecular flexibility index (Phi) is 7.15. The van der Waals surface area contributed by atoms with E-state index in [0.717, 1.165) is 36.9 Å². The van der Waals surface area contributed by atoms with Crippen LogP contribution in [0.5, 0.6) is 5.75 Å². The molecule has 4 nitrogen and oxygen atoms in total. The quantitative estimate of drug-likeness (QED) is 0.675. The molecular weight excluding hydrogens is 290 g/mol. The Balaban J connectivity index is 2.07. The van der Waals surface area contributed by atoms with Gasteiger partial charge in [-0.05, 0) is 31.6 Å². The standard InChI is InChI=1S/C19H31NO3/c1-3-4-5-6-7-8-10-14-11-9-12-15-17(14)18(22)19(23-2)16(13-21)20-15/h14,21H,3-13H2,1-2H3,(H,20,22). The molecule has 1 unspecified atom stereocenters. The van der Waals surface area contributed by atoms with Crippen LogP contribution in [0.2, 0.25) is 0 Å². The lowest BCUT2D eigenvalue weighted by Gasteiger charge is -2.26. The molecule has 2 rings (SSSR count). The Morgan fingerprint density at radius 1 is 1.22 bits per heavy atom. The van der Waals surface area contributed by atoms with Crippen molar-refractivity contribution in [3.8, 4) is 5.75 Å². The number of methoxy groups -OCH3 is 1. The molecule has 1 aliphatic rings. The van der Waals surface area contributed by atoms with Gasteiger partial charge in [0.05, 0.1) is 19.4 Å². The van der Waals surface area contributed by atoms with Crippen LogP contribution in [-0.4, -0.2) is 17.2 Å². The molecule has 0 radical (unpaired) electrons. The Hall–Kier alpha value is -1.29. The van der Waals surface area contributed by atoms with Gasteiger partial charge in [0.25, 0.3) is 0 Å². The molecule has 0 saturated heterocycles. The van der Waals surface area contributed by atoms with Crippen LogP contribution in [0.4, 0.5) is 0 Å². The first-order valence-electron chi connectivity index (χ1n) is 9.15. The minimum atomic E-state index is -0.187. The second-order valence-corrected chi connectivity index (χ2v) is 6.66. The predicted molar refractivity (Wildman–Crippen MR) is 93.2 cm³/mol. The number of aromatic amines is 1. The van der Waals surface area contributed by atoms with Gasteiger partial charge in [0.2, 0.25) is 5.43 Å². The van der Waals surface area contributed by atoms with E-state index in [0.29, 0.717) is 17.4 Å². The molecule has 0 bridgehead atoms. The summed E-state index contributed by atoms with van der Waals surface area (Å²) in [5, 5.41) is 9.44. The molecule has 0 spiro atoms. The van der Waals surface area contributed by atoms with Crippen LogP contribution in [0, 0.1) is 0 Å². The third-order valence-electron chi connectivity index (χ3n) is 5.01. The van der Waals surface area contributed by atoms with Gasteiger partial charge in [0.15, 0.2) is 5.75 Å². The van der Waals surface area contributed by atoms with Crippen LogP contribution >= 0.6 is 0 Å². The number of unbranched alkanes of at least 4 members (excludes halogenated alkanes) is 5. The third kappa shape index (κ3) is 4.37. The Bertz CT molecular complexity index is 550. The van der Waals surface area contributed by atoms with E-state index in [1.165, 1.54) is 45.6 Å². The summed E-state index contributed by atoms with van der Waals surface area (Å²) in [5.74, 6) is 0.636. The average molecular weight is 321 g/mol. The number of aliphatic hydroxyl groups excluding tert-OH is 1. The lowest BCUT2D eigenvalue weighted by molar-refractivity contribution is 0.266. The fourth-order valence-electron chi connectivity index (χ4n) is 3.79. The maximum absolute atomic E-state index is 12.8. The number of aliphatic hydroxyl groups is 1. The Morgan fingerprint density at radius 3 is 2.65 bits per heavy atom. The zero-order chi connectivity index (χ0) is 16.7. The van der Waals surface area contributed by atoms with Gasteiger partial charge in [0.1, 0.15) is 0 Å². The summed E-state index contributed by atoms with van der Waals surface area (Å²) in [6.45, 7) is 2.05. The molecule has 4 heteroatoms. The normalized spacial score (nSPS) is 17.1. The first-order valence-corrected chi connectivity index (χ1v) is 9.15. The van der Waals surface area contributed by atoms with Crippen molar-refractivity contribution < 1.29 is 9.84 Å². The van der Waals surface area contributed by atoms with E-state index in [1.54, 1.807) is 0 Å². The van der Waals surface area contributed by atoms with Crippen LogP contribution in [-0.2, 0) is 13.0 Å². The third-order valence-corrected chi connectivity index (χ3v) is 5.01. The Morgan fingerprint density at radius 2 is 1.96 bits per heavy atom. The highest BCUT2D eigenvalue weighted by molar-refractivity contribution is 5.38. The number of aromatic nitrogens is 1. The van der Waals surface area contributed by atoms with Crippen LogP contribution in [0.1, 0.15) is 87.6 Å². The van der Waals surface area contributed by atoms with Crippen molar-refractivity contribution in [2.45, 2.75) is 83.7 Å². The number of H-pyrrole nitrogens is 1. The molecule has 0 aromatic carbocycles. The molecule has 0 amide bonds. The average Bonchev–Trinajstić information content (AvgIpc) is 2.57. The van der Waals surface area contributed by atoms with Gasteiger partial charge < -0.3 is 14.8 Å². The number of pyridine rings is 1. The topological polar surface area (TPSA) is 62.3 Å². The predicted octanol–water partition coefficient (Wildman–Crippen LogP) is 4.05. The minimum Gasteiger partial charge on any atom is -0.491 e. The Labute approximate surface area is 139 Å².